The molecule has 1 fully saturated rings. The van der Waals surface area contributed by atoms with E-state index in [1.165, 1.54) is 19.3 Å². The molecular weight excluding hydrogens is 266 g/mol. The summed E-state index contributed by atoms with van der Waals surface area (Å²) in [6.45, 7) is 4.95. The van der Waals surface area contributed by atoms with Crippen LogP contribution in [0.2, 0.25) is 0 Å². The van der Waals surface area contributed by atoms with E-state index in [0.717, 1.165) is 30.5 Å². The van der Waals surface area contributed by atoms with Gasteiger partial charge in [-0.1, -0.05) is 24.6 Å². The van der Waals surface area contributed by atoms with Crippen LogP contribution in [0.4, 0.5) is 0 Å². The summed E-state index contributed by atoms with van der Waals surface area (Å²) in [5.74, 6) is -0.216. The highest BCUT2D eigenvalue weighted by Gasteiger charge is 2.17. The summed E-state index contributed by atoms with van der Waals surface area (Å²) >= 11 is 0. The van der Waals surface area contributed by atoms with Crippen molar-refractivity contribution >= 4 is 12.0 Å². The van der Waals surface area contributed by atoms with Crippen LogP contribution in [-0.4, -0.2) is 41.7 Å². The van der Waals surface area contributed by atoms with Crippen molar-refractivity contribution in [2.24, 2.45) is 0 Å². The Kier molecular flexibility index (Phi) is 5.81. The number of hydrogen-bond donors (Lipinski definition) is 1. The van der Waals surface area contributed by atoms with E-state index < -0.39 is 5.97 Å². The number of para-hydroxylation sites is 1. The van der Waals surface area contributed by atoms with Gasteiger partial charge in [-0.15, -0.1) is 0 Å². The molecule has 1 aliphatic rings. The molecule has 4 nitrogen and oxygen atoms in total. The molecule has 1 aromatic carbocycles. The molecule has 0 bridgehead atoms. The van der Waals surface area contributed by atoms with E-state index in [1.54, 1.807) is 6.08 Å². The molecule has 1 saturated heterocycles. The quantitative estimate of drug-likeness (QED) is 0.818. The molecule has 0 radical (unpaired) electrons. The first kappa shape index (κ1) is 15.6. The van der Waals surface area contributed by atoms with Crippen LogP contribution in [-0.2, 0) is 4.79 Å². The Balaban J connectivity index is 1.89. The zero-order valence-electron chi connectivity index (χ0n) is 12.5. The third kappa shape index (κ3) is 4.90. The highest BCUT2D eigenvalue weighted by molar-refractivity contribution is 5.85. The molecule has 4 heteroatoms. The Morgan fingerprint density at radius 3 is 3.00 bits per heavy atom. The average molecular weight is 289 g/mol. The third-order valence-corrected chi connectivity index (χ3v) is 3.90. The summed E-state index contributed by atoms with van der Waals surface area (Å²) in [7, 11) is 0. The molecule has 0 spiro atoms. The van der Waals surface area contributed by atoms with Crippen molar-refractivity contribution in [2.45, 2.75) is 32.2 Å². The molecule has 21 heavy (non-hydrogen) atoms. The van der Waals surface area contributed by atoms with Gasteiger partial charge in [-0.2, -0.15) is 0 Å². The van der Waals surface area contributed by atoms with Gasteiger partial charge in [0.1, 0.15) is 12.4 Å². The van der Waals surface area contributed by atoms with Gasteiger partial charge in [-0.05, 0) is 38.5 Å². The van der Waals surface area contributed by atoms with E-state index in [4.69, 9.17) is 9.84 Å². The summed E-state index contributed by atoms with van der Waals surface area (Å²) in [5.41, 5.74) is 0.798. The molecule has 0 saturated carbocycles. The fourth-order valence-electron chi connectivity index (χ4n) is 2.67. The minimum atomic E-state index is -0.952. The fourth-order valence-corrected chi connectivity index (χ4v) is 2.67. The maximum Gasteiger partial charge on any atom is 0.328 e. The molecule has 0 aromatic heterocycles. The smallest absolute Gasteiger partial charge is 0.328 e. The monoisotopic (exact) mass is 289 g/mol. The second-order valence-electron chi connectivity index (χ2n) is 5.44. The van der Waals surface area contributed by atoms with Gasteiger partial charge >= 0.3 is 5.97 Å². The molecule has 1 aliphatic heterocycles. The van der Waals surface area contributed by atoms with Crippen molar-refractivity contribution in [3.63, 3.8) is 0 Å². The van der Waals surface area contributed by atoms with Crippen molar-refractivity contribution in [1.82, 2.24) is 4.90 Å². The first-order valence-corrected chi connectivity index (χ1v) is 7.53. The van der Waals surface area contributed by atoms with Gasteiger partial charge in [0.2, 0.25) is 0 Å². The van der Waals surface area contributed by atoms with Crippen LogP contribution < -0.4 is 4.74 Å². The standard InChI is InChI=1S/C17H23NO3/c1-14-6-4-5-11-18(14)12-13-21-16-8-3-2-7-15(16)9-10-17(19)20/h2-3,7-10,14H,4-6,11-13H2,1H3,(H,19,20)/b10-9+. The van der Waals surface area contributed by atoms with E-state index in [-0.39, 0.29) is 0 Å². The third-order valence-electron chi connectivity index (χ3n) is 3.90. The maximum absolute atomic E-state index is 10.6. The van der Waals surface area contributed by atoms with Gasteiger partial charge in [-0.3, -0.25) is 4.90 Å². The van der Waals surface area contributed by atoms with E-state index >= 15 is 0 Å². The minimum absolute atomic E-state index is 0.627. The van der Waals surface area contributed by atoms with Gasteiger partial charge in [0, 0.05) is 24.2 Å². The number of carboxylic acid groups (broad SMARTS) is 1. The maximum atomic E-state index is 10.6. The lowest BCUT2D eigenvalue weighted by molar-refractivity contribution is -0.131. The summed E-state index contributed by atoms with van der Waals surface area (Å²) in [4.78, 5) is 13.1. The van der Waals surface area contributed by atoms with Crippen LogP contribution in [0, 0.1) is 0 Å². The molecule has 1 heterocycles. The number of nitrogens with zero attached hydrogens (tertiary/aromatic N) is 1. The van der Waals surface area contributed by atoms with Gasteiger partial charge < -0.3 is 9.84 Å². The Labute approximate surface area is 126 Å². The predicted octanol–water partition coefficient (Wildman–Crippen LogP) is 3.04. The van der Waals surface area contributed by atoms with Crippen LogP contribution in [0.25, 0.3) is 6.08 Å². The molecule has 114 valence electrons. The van der Waals surface area contributed by atoms with Crippen LogP contribution in [0.1, 0.15) is 31.7 Å². The number of ether oxygens (including phenoxy) is 1. The number of piperidine rings is 1. The highest BCUT2D eigenvalue weighted by atomic mass is 16.5. The summed E-state index contributed by atoms with van der Waals surface area (Å²) < 4.78 is 5.83. The predicted molar refractivity (Wildman–Crippen MR) is 83.5 cm³/mol. The Morgan fingerprint density at radius 1 is 1.43 bits per heavy atom. The SMILES string of the molecule is CC1CCCCN1CCOc1ccccc1/C=C/C(=O)O. The average Bonchev–Trinajstić information content (AvgIpc) is 2.48. The van der Waals surface area contributed by atoms with E-state index in [0.29, 0.717) is 12.6 Å². The molecule has 1 aromatic rings. The first-order valence-electron chi connectivity index (χ1n) is 7.53. The van der Waals surface area contributed by atoms with Gasteiger partial charge in [-0.25, -0.2) is 4.79 Å². The number of rotatable bonds is 6. The zero-order valence-corrected chi connectivity index (χ0v) is 12.5. The van der Waals surface area contributed by atoms with Crippen LogP contribution in [0.5, 0.6) is 5.75 Å². The second-order valence-corrected chi connectivity index (χ2v) is 5.44. The van der Waals surface area contributed by atoms with Gasteiger partial charge in [0.05, 0.1) is 0 Å². The molecular formula is C17H23NO3. The van der Waals surface area contributed by atoms with Gasteiger partial charge in [0.15, 0.2) is 0 Å². The van der Waals surface area contributed by atoms with Crippen LogP contribution in [0.15, 0.2) is 30.3 Å². The normalized spacial score (nSPS) is 19.8. The molecule has 0 aliphatic carbocycles. The van der Waals surface area contributed by atoms with Crippen molar-refractivity contribution in [3.05, 3.63) is 35.9 Å². The lowest BCUT2D eigenvalue weighted by atomic mass is 10.0. The van der Waals surface area contributed by atoms with Crippen LogP contribution >= 0.6 is 0 Å². The molecule has 1 unspecified atom stereocenters. The van der Waals surface area contributed by atoms with E-state index in [2.05, 4.69) is 11.8 Å². The number of hydrogen-bond acceptors (Lipinski definition) is 3. The Hall–Kier alpha value is -1.81. The van der Waals surface area contributed by atoms with Crippen molar-refractivity contribution in [3.8, 4) is 5.75 Å². The lowest BCUT2D eigenvalue weighted by Crippen LogP contribution is -2.39. The molecule has 0 amide bonds. The van der Waals surface area contributed by atoms with E-state index in [1.807, 2.05) is 24.3 Å². The van der Waals surface area contributed by atoms with Gasteiger partial charge in [0.25, 0.3) is 0 Å². The highest BCUT2D eigenvalue weighted by Crippen LogP contribution is 2.20. The van der Waals surface area contributed by atoms with Crippen LogP contribution in [0.3, 0.4) is 0 Å². The number of aliphatic carboxylic acids is 1. The topological polar surface area (TPSA) is 49.8 Å². The molecule has 1 N–H and O–H groups in total. The number of likely N-dealkylation sites (tertiary alicyclic amines) is 1. The Bertz CT molecular complexity index is 499. The molecule has 2 rings (SSSR count). The first-order chi connectivity index (χ1) is 10.2. The summed E-state index contributed by atoms with van der Waals surface area (Å²) in [6.07, 6.45) is 6.55. The summed E-state index contributed by atoms with van der Waals surface area (Å²) in [6, 6.07) is 8.14. The fraction of sp³-hybridized carbons (Fsp3) is 0.471. The Morgan fingerprint density at radius 2 is 2.24 bits per heavy atom. The van der Waals surface area contributed by atoms with Crippen molar-refractivity contribution in [2.75, 3.05) is 19.7 Å². The van der Waals surface area contributed by atoms with Crippen molar-refractivity contribution in [1.29, 1.82) is 0 Å². The summed E-state index contributed by atoms with van der Waals surface area (Å²) in [5, 5.41) is 8.71. The number of carbonyl (C=O) groups is 1. The largest absolute Gasteiger partial charge is 0.492 e. The van der Waals surface area contributed by atoms with Crippen molar-refractivity contribution < 1.29 is 14.6 Å². The number of benzene rings is 1. The number of carboxylic acids is 1. The molecule has 1 atom stereocenters. The van der Waals surface area contributed by atoms with E-state index in [9.17, 15) is 4.79 Å². The second kappa shape index (κ2) is 7.84. The lowest BCUT2D eigenvalue weighted by Gasteiger charge is -2.33. The minimum Gasteiger partial charge on any atom is -0.492 e. The zero-order chi connectivity index (χ0) is 15.1.